The molecule has 35 heavy (non-hydrogen) atoms. The molecule has 4 N–H and O–H groups in total. The number of rotatable bonds is 0. The summed E-state index contributed by atoms with van der Waals surface area (Å²) < 4.78 is 0. The molecule has 8 rings (SSSR count). The first-order chi connectivity index (χ1) is 17.2. The standard InChI is InChI=1S/C27H25N7O/c35-27-20-2-1-3-23-24(20)32-26(31-23)25-21-11-16(4-9-22(21)33-34-25)17-10-15(12-28-14-17)13-29-18-5-7-19(30-27)8-6-18/h1-4,9-12,14,18-19,29H,5-8,13H2,(H,30,35)(H,31,32)(H,33,34). The summed E-state index contributed by atoms with van der Waals surface area (Å²) in [6.45, 7) is 0.776. The second-order valence-corrected chi connectivity index (χ2v) is 9.60. The van der Waals surface area contributed by atoms with Gasteiger partial charge in [0.15, 0.2) is 5.82 Å². The van der Waals surface area contributed by atoms with Gasteiger partial charge in [-0.15, -0.1) is 0 Å². The number of aromatic nitrogens is 5. The molecule has 5 aromatic rings. The van der Waals surface area contributed by atoms with Crippen molar-refractivity contribution >= 4 is 27.8 Å². The van der Waals surface area contributed by atoms with Gasteiger partial charge in [-0.25, -0.2) is 4.98 Å². The zero-order chi connectivity index (χ0) is 23.4. The fourth-order valence-corrected chi connectivity index (χ4v) is 5.41. The Kier molecular flexibility index (Phi) is 4.66. The maximum Gasteiger partial charge on any atom is 0.253 e. The summed E-state index contributed by atoms with van der Waals surface area (Å²) >= 11 is 0. The Morgan fingerprint density at radius 1 is 0.886 bits per heavy atom. The van der Waals surface area contributed by atoms with Crippen LogP contribution in [0.1, 0.15) is 41.6 Å². The van der Waals surface area contributed by atoms with E-state index in [2.05, 4.69) is 49.0 Å². The lowest BCUT2D eigenvalue weighted by Gasteiger charge is -2.30. The van der Waals surface area contributed by atoms with E-state index in [0.29, 0.717) is 22.9 Å². The minimum Gasteiger partial charge on any atom is -0.349 e. The summed E-state index contributed by atoms with van der Waals surface area (Å²) in [7, 11) is 0. The number of H-pyrrole nitrogens is 2. The Labute approximate surface area is 201 Å². The Morgan fingerprint density at radius 2 is 1.77 bits per heavy atom. The van der Waals surface area contributed by atoms with Gasteiger partial charge in [-0.2, -0.15) is 5.10 Å². The number of carbonyl (C=O) groups is 1. The van der Waals surface area contributed by atoms with Gasteiger partial charge in [0.25, 0.3) is 5.91 Å². The van der Waals surface area contributed by atoms with Gasteiger partial charge in [0, 0.05) is 42.0 Å². The minimum atomic E-state index is -0.0701. The van der Waals surface area contributed by atoms with E-state index >= 15 is 0 Å². The highest BCUT2D eigenvalue weighted by Gasteiger charge is 2.24. The van der Waals surface area contributed by atoms with Crippen LogP contribution in [0.15, 0.2) is 54.9 Å². The molecule has 0 atom stereocenters. The molecule has 0 saturated heterocycles. The van der Waals surface area contributed by atoms with Crippen LogP contribution in [0.5, 0.6) is 0 Å². The predicted molar refractivity (Wildman–Crippen MR) is 135 cm³/mol. The van der Waals surface area contributed by atoms with Gasteiger partial charge < -0.3 is 15.6 Å². The van der Waals surface area contributed by atoms with Crippen molar-refractivity contribution in [2.75, 3.05) is 0 Å². The van der Waals surface area contributed by atoms with Gasteiger partial charge in [-0.1, -0.05) is 12.1 Å². The molecule has 5 heterocycles. The summed E-state index contributed by atoms with van der Waals surface area (Å²) in [6.07, 6.45) is 7.82. The summed E-state index contributed by atoms with van der Waals surface area (Å²) in [4.78, 5) is 26.0. The molecule has 0 spiro atoms. The molecule has 1 fully saturated rings. The Hall–Kier alpha value is -4.04. The normalized spacial score (nSPS) is 20.2. The third-order valence-corrected chi connectivity index (χ3v) is 7.33. The summed E-state index contributed by atoms with van der Waals surface area (Å²) in [5.41, 5.74) is 7.03. The molecular weight excluding hydrogens is 438 g/mol. The van der Waals surface area contributed by atoms with Gasteiger partial charge in [0.1, 0.15) is 11.2 Å². The highest BCUT2D eigenvalue weighted by atomic mass is 16.1. The molecule has 1 saturated carbocycles. The third-order valence-electron chi connectivity index (χ3n) is 7.33. The number of para-hydroxylation sites is 1. The molecule has 1 amide bonds. The Bertz CT molecular complexity index is 1580. The molecular formula is C27H25N7O. The van der Waals surface area contributed by atoms with Gasteiger partial charge >= 0.3 is 0 Å². The molecule has 8 bridgehead atoms. The fourth-order valence-electron chi connectivity index (χ4n) is 5.41. The minimum absolute atomic E-state index is 0.0701. The van der Waals surface area contributed by atoms with Gasteiger partial charge in [0.2, 0.25) is 0 Å². The number of hydrogen-bond acceptors (Lipinski definition) is 5. The Balaban J connectivity index is 1.40. The highest BCUT2D eigenvalue weighted by molar-refractivity contribution is 6.06. The summed E-state index contributed by atoms with van der Waals surface area (Å²) in [5, 5.41) is 15.6. The van der Waals surface area contributed by atoms with E-state index in [-0.39, 0.29) is 11.9 Å². The van der Waals surface area contributed by atoms with Gasteiger partial charge in [-0.05, 0) is 67.1 Å². The quantitative estimate of drug-likeness (QED) is 0.273. The number of nitrogens with one attached hydrogen (secondary N) is 4. The maximum absolute atomic E-state index is 13.2. The van der Waals surface area contributed by atoms with E-state index in [1.165, 1.54) is 0 Å². The molecule has 2 aliphatic heterocycles. The zero-order valence-corrected chi connectivity index (χ0v) is 19.1. The van der Waals surface area contributed by atoms with Crippen molar-refractivity contribution in [2.45, 2.75) is 44.3 Å². The number of nitrogens with zero attached hydrogens (tertiary/aromatic N) is 3. The molecule has 174 valence electrons. The fraction of sp³-hybridized carbons (Fsp3) is 0.259. The lowest BCUT2D eigenvalue weighted by atomic mass is 9.90. The zero-order valence-electron chi connectivity index (χ0n) is 19.1. The number of pyridine rings is 1. The smallest absolute Gasteiger partial charge is 0.253 e. The van der Waals surface area contributed by atoms with Crippen molar-refractivity contribution < 1.29 is 4.79 Å². The van der Waals surface area contributed by atoms with Crippen molar-refractivity contribution in [3.63, 3.8) is 0 Å². The maximum atomic E-state index is 13.2. The number of carbonyl (C=O) groups excluding carboxylic acids is 1. The highest BCUT2D eigenvalue weighted by Crippen LogP contribution is 2.31. The van der Waals surface area contributed by atoms with E-state index in [9.17, 15) is 4.79 Å². The van der Waals surface area contributed by atoms with Gasteiger partial charge in [-0.3, -0.25) is 14.9 Å². The number of hydrogen-bond donors (Lipinski definition) is 4. The topological polar surface area (TPSA) is 111 Å². The van der Waals surface area contributed by atoms with E-state index < -0.39 is 0 Å². The molecule has 3 aliphatic rings. The van der Waals surface area contributed by atoms with Crippen LogP contribution in [0.4, 0.5) is 0 Å². The number of imidazole rings is 1. The first kappa shape index (κ1) is 20.3. The van der Waals surface area contributed by atoms with Crippen molar-refractivity contribution in [3.05, 3.63) is 66.0 Å². The number of fused-ring (bicyclic) bond motifs is 4. The van der Waals surface area contributed by atoms with E-state index in [1.54, 1.807) is 0 Å². The SMILES string of the molecule is O=C1NC2CCC(CC2)NCc2cncc(c2)-c2ccc3[nH]nc(c3c2)-c2nc3c1cccc3[nH]2. The molecule has 8 heteroatoms. The van der Waals surface area contributed by atoms with Crippen LogP contribution >= 0.6 is 0 Å². The van der Waals surface area contributed by atoms with E-state index in [1.807, 2.05) is 36.7 Å². The molecule has 0 radical (unpaired) electrons. The average Bonchev–Trinajstić information content (AvgIpc) is 3.51. The second-order valence-electron chi connectivity index (χ2n) is 9.60. The van der Waals surface area contributed by atoms with E-state index in [4.69, 9.17) is 4.98 Å². The summed E-state index contributed by atoms with van der Waals surface area (Å²) in [5.74, 6) is 0.567. The van der Waals surface area contributed by atoms with E-state index in [0.717, 1.165) is 71.0 Å². The molecule has 1 aliphatic carbocycles. The van der Waals surface area contributed by atoms with Crippen molar-refractivity contribution in [3.8, 4) is 22.6 Å². The van der Waals surface area contributed by atoms with Crippen LogP contribution in [-0.2, 0) is 6.54 Å². The van der Waals surface area contributed by atoms with Crippen LogP contribution < -0.4 is 10.6 Å². The monoisotopic (exact) mass is 463 g/mol. The Morgan fingerprint density at radius 3 is 2.69 bits per heavy atom. The predicted octanol–water partition coefficient (Wildman–Crippen LogP) is 4.31. The number of aromatic amines is 2. The molecule has 2 aromatic carbocycles. The second kappa shape index (κ2) is 8.02. The molecule has 8 nitrogen and oxygen atoms in total. The molecule has 0 unspecified atom stereocenters. The van der Waals surface area contributed by atoms with Crippen LogP contribution in [0.2, 0.25) is 0 Å². The molecule has 3 aromatic heterocycles. The van der Waals surface area contributed by atoms with Crippen LogP contribution in [0, 0.1) is 0 Å². The van der Waals surface area contributed by atoms with Crippen molar-refractivity contribution in [2.24, 2.45) is 0 Å². The van der Waals surface area contributed by atoms with Crippen LogP contribution in [0.3, 0.4) is 0 Å². The average molecular weight is 464 g/mol. The lowest BCUT2D eigenvalue weighted by molar-refractivity contribution is 0.0925. The number of benzene rings is 2. The van der Waals surface area contributed by atoms with Crippen molar-refractivity contribution in [1.29, 1.82) is 0 Å². The van der Waals surface area contributed by atoms with Crippen LogP contribution in [-0.4, -0.2) is 43.1 Å². The van der Waals surface area contributed by atoms with Crippen LogP contribution in [0.25, 0.3) is 44.6 Å². The summed E-state index contributed by atoms with van der Waals surface area (Å²) in [6, 6.07) is 14.8. The van der Waals surface area contributed by atoms with Crippen molar-refractivity contribution in [1.82, 2.24) is 35.8 Å². The third kappa shape index (κ3) is 3.57. The largest absolute Gasteiger partial charge is 0.349 e. The van der Waals surface area contributed by atoms with Gasteiger partial charge in [0.05, 0.1) is 16.6 Å². The lowest BCUT2D eigenvalue weighted by Crippen LogP contribution is -2.42. The number of amides is 1. The first-order valence-corrected chi connectivity index (χ1v) is 12.2. The first-order valence-electron chi connectivity index (χ1n) is 12.2.